The van der Waals surface area contributed by atoms with Crippen molar-refractivity contribution in [3.63, 3.8) is 0 Å². The Bertz CT molecular complexity index is 1270. The highest BCUT2D eigenvalue weighted by Gasteiger charge is 2.74. The van der Waals surface area contributed by atoms with E-state index in [1.807, 2.05) is 36.4 Å². The number of nitrogens with zero attached hydrogens (tertiary/aromatic N) is 3. The van der Waals surface area contributed by atoms with Crippen molar-refractivity contribution in [3.05, 3.63) is 53.7 Å². The summed E-state index contributed by atoms with van der Waals surface area (Å²) in [5.41, 5.74) is 13.2. The molecule has 0 spiro atoms. The average molecular weight is 503 g/mol. The molecule has 192 valence electrons. The molecule has 2 amide bonds. The molecule has 6 rings (SSSR count). The normalized spacial score (nSPS) is 23.6. The Morgan fingerprint density at radius 3 is 2.16 bits per heavy atom. The average Bonchev–Trinajstić information content (AvgIpc) is 2.82. The Kier molecular flexibility index (Phi) is 6.02. The number of guanidine groups is 2. The van der Waals surface area contributed by atoms with Crippen LogP contribution in [0.1, 0.15) is 36.9 Å². The van der Waals surface area contributed by atoms with Crippen molar-refractivity contribution in [1.82, 2.24) is 20.4 Å². The monoisotopic (exact) mass is 502 g/mol. The Morgan fingerprint density at radius 1 is 0.946 bits per heavy atom. The molecular formula is C25H30N10O2. The SMILES string of the molecule is N=C(N)NCc1ccc(NC(=O)C23CC(C(=O)Nc4ccc(C5=CCN(C(=N)N)CC5)nn4)(C2)C3)cc1. The maximum atomic E-state index is 12.9. The van der Waals surface area contributed by atoms with Gasteiger partial charge in [0.15, 0.2) is 17.7 Å². The third kappa shape index (κ3) is 4.69. The van der Waals surface area contributed by atoms with Gasteiger partial charge in [-0.3, -0.25) is 20.4 Å². The number of rotatable bonds is 7. The minimum Gasteiger partial charge on any atom is -0.370 e. The zero-order valence-electron chi connectivity index (χ0n) is 20.3. The lowest BCUT2D eigenvalue weighted by molar-refractivity contribution is -0.201. The molecule has 2 bridgehead atoms. The van der Waals surface area contributed by atoms with Gasteiger partial charge in [0, 0.05) is 25.3 Å². The zero-order chi connectivity index (χ0) is 26.2. The van der Waals surface area contributed by atoms with Crippen molar-refractivity contribution in [2.24, 2.45) is 22.3 Å². The summed E-state index contributed by atoms with van der Waals surface area (Å²) >= 11 is 0. The van der Waals surface area contributed by atoms with Crippen LogP contribution in [0.5, 0.6) is 0 Å². The molecule has 0 atom stereocenters. The zero-order valence-corrected chi connectivity index (χ0v) is 20.3. The third-order valence-electron chi connectivity index (χ3n) is 7.47. The Balaban J connectivity index is 1.11. The Morgan fingerprint density at radius 2 is 1.62 bits per heavy atom. The van der Waals surface area contributed by atoms with E-state index in [1.165, 1.54) is 0 Å². The first-order chi connectivity index (χ1) is 17.7. The summed E-state index contributed by atoms with van der Waals surface area (Å²) < 4.78 is 0. The number of anilines is 2. The highest BCUT2D eigenvalue weighted by Crippen LogP contribution is 2.73. The fourth-order valence-electron chi connectivity index (χ4n) is 5.38. The van der Waals surface area contributed by atoms with Crippen molar-refractivity contribution < 1.29 is 9.59 Å². The smallest absolute Gasteiger partial charge is 0.231 e. The summed E-state index contributed by atoms with van der Waals surface area (Å²) in [6, 6.07) is 10.9. The largest absolute Gasteiger partial charge is 0.370 e. The lowest BCUT2D eigenvalue weighted by Gasteiger charge is -2.67. The molecule has 1 aromatic carbocycles. The quantitative estimate of drug-likeness (QED) is 0.216. The number of nitrogens with two attached hydrogens (primary N) is 2. The second-order valence-corrected chi connectivity index (χ2v) is 10.1. The van der Waals surface area contributed by atoms with Crippen molar-refractivity contribution in [3.8, 4) is 0 Å². The molecule has 3 fully saturated rings. The molecule has 1 aromatic heterocycles. The number of hydrogen-bond donors (Lipinski definition) is 7. The predicted octanol–water partition coefficient (Wildman–Crippen LogP) is 1.19. The van der Waals surface area contributed by atoms with Gasteiger partial charge in [-0.15, -0.1) is 10.2 Å². The molecule has 37 heavy (non-hydrogen) atoms. The Labute approximate surface area is 213 Å². The number of benzene rings is 1. The first-order valence-electron chi connectivity index (χ1n) is 12.1. The van der Waals surface area contributed by atoms with Crippen LogP contribution in [-0.2, 0) is 16.1 Å². The minimum atomic E-state index is -0.526. The van der Waals surface area contributed by atoms with Crippen molar-refractivity contribution in [2.45, 2.75) is 32.2 Å². The van der Waals surface area contributed by atoms with E-state index >= 15 is 0 Å². The van der Waals surface area contributed by atoms with E-state index in [9.17, 15) is 9.59 Å². The van der Waals surface area contributed by atoms with Crippen LogP contribution in [0.4, 0.5) is 11.5 Å². The molecule has 3 saturated carbocycles. The number of aromatic nitrogens is 2. The molecular weight excluding hydrogens is 472 g/mol. The number of amides is 2. The standard InChI is InChI=1S/C25H30N10O2/c26-22(27)30-11-15-1-3-17(4-2-15)31-20(36)24-12-25(13-24,14-24)21(37)32-19-6-5-18(33-34-19)16-7-9-35(10-8-16)23(28)29/h1-7H,8-14H2,(H3,28,29)(H,31,36)(H4,26,27,30)(H,32,34,37). The van der Waals surface area contributed by atoms with Gasteiger partial charge in [-0.25, -0.2) is 0 Å². The second kappa shape index (κ2) is 9.19. The highest BCUT2D eigenvalue weighted by atomic mass is 16.2. The molecule has 2 heterocycles. The molecule has 12 nitrogen and oxygen atoms in total. The molecule has 0 saturated heterocycles. The summed E-state index contributed by atoms with van der Waals surface area (Å²) in [5, 5.41) is 31.7. The maximum absolute atomic E-state index is 12.9. The van der Waals surface area contributed by atoms with E-state index in [1.54, 1.807) is 11.0 Å². The summed E-state index contributed by atoms with van der Waals surface area (Å²) in [6.45, 7) is 1.66. The molecule has 2 aromatic rings. The molecule has 3 aliphatic carbocycles. The van der Waals surface area contributed by atoms with Crippen LogP contribution in [0.25, 0.3) is 5.57 Å². The maximum Gasteiger partial charge on any atom is 0.231 e. The van der Waals surface area contributed by atoms with Gasteiger partial charge < -0.3 is 32.3 Å². The summed E-state index contributed by atoms with van der Waals surface area (Å²) in [6.07, 6.45) is 4.25. The van der Waals surface area contributed by atoms with E-state index in [0.717, 1.165) is 16.8 Å². The second-order valence-electron chi connectivity index (χ2n) is 10.1. The predicted molar refractivity (Wildman–Crippen MR) is 139 cm³/mol. The van der Waals surface area contributed by atoms with Gasteiger partial charge in [-0.1, -0.05) is 18.2 Å². The van der Waals surface area contributed by atoms with Gasteiger partial charge in [0.1, 0.15) is 0 Å². The topological polar surface area (TPSA) is 199 Å². The van der Waals surface area contributed by atoms with E-state index in [2.05, 4.69) is 26.1 Å². The van der Waals surface area contributed by atoms with Crippen molar-refractivity contribution >= 4 is 40.8 Å². The first kappa shape index (κ1) is 24.2. The van der Waals surface area contributed by atoms with Gasteiger partial charge >= 0.3 is 0 Å². The van der Waals surface area contributed by atoms with E-state index in [0.29, 0.717) is 56.8 Å². The summed E-state index contributed by atoms with van der Waals surface area (Å²) in [7, 11) is 0. The highest BCUT2D eigenvalue weighted by molar-refractivity contribution is 6.05. The molecule has 0 unspecified atom stereocenters. The van der Waals surface area contributed by atoms with Gasteiger partial charge in [-0.05, 0) is 61.1 Å². The van der Waals surface area contributed by atoms with Crippen LogP contribution >= 0.6 is 0 Å². The van der Waals surface area contributed by atoms with Gasteiger partial charge in [0.25, 0.3) is 0 Å². The van der Waals surface area contributed by atoms with Crippen LogP contribution < -0.4 is 27.4 Å². The molecule has 0 radical (unpaired) electrons. The van der Waals surface area contributed by atoms with Gasteiger partial charge in [-0.2, -0.15) is 0 Å². The van der Waals surface area contributed by atoms with E-state index in [-0.39, 0.29) is 23.7 Å². The first-order valence-corrected chi connectivity index (χ1v) is 12.1. The lowest BCUT2D eigenvalue weighted by Crippen LogP contribution is -2.70. The molecule has 4 aliphatic rings. The Hall–Kier alpha value is -4.48. The van der Waals surface area contributed by atoms with Crippen molar-refractivity contribution in [1.29, 1.82) is 10.8 Å². The summed E-state index contributed by atoms with van der Waals surface area (Å²) in [5.74, 6) is 0.160. The van der Waals surface area contributed by atoms with Gasteiger partial charge in [0.2, 0.25) is 11.8 Å². The lowest BCUT2D eigenvalue weighted by atomic mass is 9.34. The third-order valence-corrected chi connectivity index (χ3v) is 7.47. The molecule has 12 heteroatoms. The van der Waals surface area contributed by atoms with Gasteiger partial charge in [0.05, 0.1) is 16.5 Å². The van der Waals surface area contributed by atoms with Crippen LogP contribution in [-0.4, -0.2) is 51.9 Å². The van der Waals surface area contributed by atoms with Crippen LogP contribution in [0.2, 0.25) is 0 Å². The molecule has 1 aliphatic heterocycles. The number of nitrogens with one attached hydrogen (secondary N) is 5. The van der Waals surface area contributed by atoms with E-state index in [4.69, 9.17) is 22.3 Å². The number of carbonyl (C=O) groups excluding carboxylic acids is 2. The fraction of sp³-hybridized carbons (Fsp3) is 0.360. The number of carbonyl (C=O) groups is 2. The molecule has 9 N–H and O–H groups in total. The fourth-order valence-corrected chi connectivity index (χ4v) is 5.38. The van der Waals surface area contributed by atoms with E-state index < -0.39 is 10.8 Å². The van der Waals surface area contributed by atoms with Crippen molar-refractivity contribution in [2.75, 3.05) is 23.7 Å². The van der Waals surface area contributed by atoms with Crippen LogP contribution in [0.15, 0.2) is 42.5 Å². The van der Waals surface area contributed by atoms with Crippen LogP contribution in [0, 0.1) is 21.6 Å². The van der Waals surface area contributed by atoms with Crippen LogP contribution in [0.3, 0.4) is 0 Å². The minimum absolute atomic E-state index is 0.0567. The summed E-state index contributed by atoms with van der Waals surface area (Å²) in [4.78, 5) is 27.6. The number of hydrogen-bond acceptors (Lipinski definition) is 6.